The van der Waals surface area contributed by atoms with Gasteiger partial charge in [-0.1, -0.05) is 30.3 Å². The van der Waals surface area contributed by atoms with Crippen molar-refractivity contribution in [1.82, 2.24) is 29.3 Å². The molecular formula is C26H24FN7O2. The highest BCUT2D eigenvalue weighted by Gasteiger charge is 2.28. The first-order chi connectivity index (χ1) is 17.5. The number of amides is 1. The molecule has 1 amide bonds. The quantitative estimate of drug-likeness (QED) is 0.391. The molecule has 1 aliphatic heterocycles. The van der Waals surface area contributed by atoms with Crippen LogP contribution in [-0.2, 0) is 6.54 Å². The van der Waals surface area contributed by atoms with Crippen molar-refractivity contribution in [2.24, 2.45) is 0 Å². The lowest BCUT2D eigenvalue weighted by molar-refractivity contribution is 0.131. The molecule has 36 heavy (non-hydrogen) atoms. The fourth-order valence-electron chi connectivity index (χ4n) is 5.11. The van der Waals surface area contributed by atoms with E-state index in [2.05, 4.69) is 15.2 Å². The van der Waals surface area contributed by atoms with Crippen LogP contribution >= 0.6 is 0 Å². The van der Waals surface area contributed by atoms with Crippen LogP contribution in [-0.4, -0.2) is 53.6 Å². The van der Waals surface area contributed by atoms with Crippen LogP contribution in [0.15, 0.2) is 61.1 Å². The zero-order chi connectivity index (χ0) is 24.8. The van der Waals surface area contributed by atoms with E-state index < -0.39 is 6.09 Å². The molecule has 0 radical (unpaired) electrons. The Labute approximate surface area is 205 Å². The average molecular weight is 486 g/mol. The van der Waals surface area contributed by atoms with E-state index in [1.54, 1.807) is 15.4 Å². The summed E-state index contributed by atoms with van der Waals surface area (Å²) in [4.78, 5) is 16.9. The molecule has 182 valence electrons. The van der Waals surface area contributed by atoms with Gasteiger partial charge in [0.1, 0.15) is 17.7 Å². The normalized spacial score (nSPS) is 14.6. The highest BCUT2D eigenvalue weighted by molar-refractivity contribution is 5.93. The Bertz CT molecular complexity index is 1590. The SMILES string of the molecule is Nc1ncnn2c(C3CCN(C(=O)O)CC3)cc(-c3cc(F)c4cn(Cc5ccccc5)nc4c3)c12. The number of aromatic nitrogens is 5. The molecule has 1 fully saturated rings. The van der Waals surface area contributed by atoms with E-state index in [1.165, 1.54) is 17.3 Å². The van der Waals surface area contributed by atoms with Crippen LogP contribution < -0.4 is 5.73 Å². The predicted octanol–water partition coefficient (Wildman–Crippen LogP) is 4.37. The Morgan fingerprint density at radius 3 is 2.67 bits per heavy atom. The first kappa shape index (κ1) is 22.0. The number of halogens is 1. The Balaban J connectivity index is 1.41. The minimum Gasteiger partial charge on any atom is -0.465 e. The number of anilines is 1. The third kappa shape index (κ3) is 3.80. The van der Waals surface area contributed by atoms with Crippen LogP contribution in [0.3, 0.4) is 0 Å². The number of carbonyl (C=O) groups is 1. The van der Waals surface area contributed by atoms with Crippen molar-refractivity contribution in [1.29, 1.82) is 0 Å². The smallest absolute Gasteiger partial charge is 0.407 e. The number of nitrogens with zero attached hydrogens (tertiary/aromatic N) is 6. The Morgan fingerprint density at radius 1 is 1.14 bits per heavy atom. The van der Waals surface area contributed by atoms with Gasteiger partial charge in [0, 0.05) is 36.5 Å². The van der Waals surface area contributed by atoms with Crippen LogP contribution in [0.1, 0.15) is 30.0 Å². The molecule has 10 heteroatoms. The largest absolute Gasteiger partial charge is 0.465 e. The number of nitrogens with two attached hydrogens (primary N) is 1. The lowest BCUT2D eigenvalue weighted by Crippen LogP contribution is -2.37. The van der Waals surface area contributed by atoms with Crippen molar-refractivity contribution < 1.29 is 14.3 Å². The van der Waals surface area contributed by atoms with Gasteiger partial charge in [0.25, 0.3) is 0 Å². The molecule has 9 nitrogen and oxygen atoms in total. The van der Waals surface area contributed by atoms with Gasteiger partial charge in [-0.05, 0) is 42.2 Å². The molecule has 0 spiro atoms. The molecule has 3 N–H and O–H groups in total. The van der Waals surface area contributed by atoms with Gasteiger partial charge in [-0.2, -0.15) is 10.2 Å². The third-order valence-electron chi connectivity index (χ3n) is 6.91. The van der Waals surface area contributed by atoms with E-state index in [9.17, 15) is 9.90 Å². The molecule has 1 saturated heterocycles. The third-order valence-corrected chi connectivity index (χ3v) is 6.91. The van der Waals surface area contributed by atoms with Gasteiger partial charge >= 0.3 is 6.09 Å². The fraction of sp³-hybridized carbons (Fsp3) is 0.231. The van der Waals surface area contributed by atoms with Crippen molar-refractivity contribution in [3.8, 4) is 11.1 Å². The number of piperidine rings is 1. The maximum atomic E-state index is 15.3. The minimum absolute atomic E-state index is 0.0924. The summed E-state index contributed by atoms with van der Waals surface area (Å²) < 4.78 is 18.8. The molecule has 2 aromatic carbocycles. The second-order valence-corrected chi connectivity index (χ2v) is 9.14. The summed E-state index contributed by atoms with van der Waals surface area (Å²) in [5.74, 6) is 0.0204. The predicted molar refractivity (Wildman–Crippen MR) is 133 cm³/mol. The van der Waals surface area contributed by atoms with E-state index in [4.69, 9.17) is 5.73 Å². The summed E-state index contributed by atoms with van der Waals surface area (Å²) in [5.41, 5.74) is 10.8. The topological polar surface area (TPSA) is 115 Å². The van der Waals surface area contributed by atoms with Crippen molar-refractivity contribution in [2.75, 3.05) is 18.8 Å². The molecule has 3 aromatic heterocycles. The van der Waals surface area contributed by atoms with Crippen LogP contribution in [0.2, 0.25) is 0 Å². The van der Waals surface area contributed by atoms with Gasteiger partial charge in [-0.25, -0.2) is 18.7 Å². The van der Waals surface area contributed by atoms with Crippen LogP contribution in [0, 0.1) is 5.82 Å². The highest BCUT2D eigenvalue weighted by Crippen LogP contribution is 2.38. The molecular weight excluding hydrogens is 461 g/mol. The summed E-state index contributed by atoms with van der Waals surface area (Å²) in [7, 11) is 0. The maximum absolute atomic E-state index is 15.3. The Morgan fingerprint density at radius 2 is 1.92 bits per heavy atom. The van der Waals surface area contributed by atoms with Gasteiger partial charge < -0.3 is 15.7 Å². The van der Waals surface area contributed by atoms with E-state index in [0.29, 0.717) is 60.3 Å². The second-order valence-electron chi connectivity index (χ2n) is 9.14. The summed E-state index contributed by atoms with van der Waals surface area (Å²) >= 11 is 0. The maximum Gasteiger partial charge on any atom is 0.407 e. The molecule has 0 atom stereocenters. The molecule has 1 aliphatic rings. The second kappa shape index (κ2) is 8.63. The molecule has 5 aromatic rings. The summed E-state index contributed by atoms with van der Waals surface area (Å²) in [5, 5.41) is 18.8. The first-order valence-corrected chi connectivity index (χ1v) is 11.8. The summed E-state index contributed by atoms with van der Waals surface area (Å²) in [6.07, 6.45) is 3.55. The molecule has 0 saturated carbocycles. The first-order valence-electron chi connectivity index (χ1n) is 11.8. The van der Waals surface area contributed by atoms with Crippen molar-refractivity contribution in [3.63, 3.8) is 0 Å². The number of fused-ring (bicyclic) bond motifs is 2. The lowest BCUT2D eigenvalue weighted by atomic mass is 9.93. The molecule has 0 unspecified atom stereocenters. The van der Waals surface area contributed by atoms with Gasteiger partial charge in [0.2, 0.25) is 0 Å². The zero-order valence-corrected chi connectivity index (χ0v) is 19.4. The number of hydrogen-bond acceptors (Lipinski definition) is 5. The molecule has 4 heterocycles. The number of rotatable bonds is 4. The highest BCUT2D eigenvalue weighted by atomic mass is 19.1. The summed E-state index contributed by atoms with van der Waals surface area (Å²) in [6, 6.07) is 15.2. The van der Waals surface area contributed by atoms with Crippen LogP contribution in [0.25, 0.3) is 27.5 Å². The van der Waals surface area contributed by atoms with Gasteiger partial charge in [-0.3, -0.25) is 4.68 Å². The number of nitrogen functional groups attached to an aromatic ring is 1. The van der Waals surface area contributed by atoms with E-state index >= 15 is 4.39 Å². The zero-order valence-electron chi connectivity index (χ0n) is 19.4. The van der Waals surface area contributed by atoms with E-state index in [0.717, 1.165) is 16.8 Å². The monoisotopic (exact) mass is 485 g/mol. The minimum atomic E-state index is -0.906. The van der Waals surface area contributed by atoms with Gasteiger partial charge in [0.05, 0.1) is 17.4 Å². The Kier molecular flexibility index (Phi) is 5.28. The van der Waals surface area contributed by atoms with Crippen molar-refractivity contribution >= 4 is 28.3 Å². The van der Waals surface area contributed by atoms with Crippen molar-refractivity contribution in [2.45, 2.75) is 25.3 Å². The molecule has 0 bridgehead atoms. The number of hydrogen-bond donors (Lipinski definition) is 2. The van der Waals surface area contributed by atoms with Gasteiger partial charge in [-0.15, -0.1) is 0 Å². The molecule has 0 aliphatic carbocycles. The number of carboxylic acid groups (broad SMARTS) is 1. The van der Waals surface area contributed by atoms with Crippen LogP contribution in [0.4, 0.5) is 15.0 Å². The number of likely N-dealkylation sites (tertiary alicyclic amines) is 1. The van der Waals surface area contributed by atoms with Gasteiger partial charge in [0.15, 0.2) is 5.82 Å². The van der Waals surface area contributed by atoms with Crippen molar-refractivity contribution in [3.05, 3.63) is 78.1 Å². The summed E-state index contributed by atoms with van der Waals surface area (Å²) in [6.45, 7) is 1.44. The van der Waals surface area contributed by atoms with Crippen LogP contribution in [0.5, 0.6) is 0 Å². The van der Waals surface area contributed by atoms with E-state index in [1.807, 2.05) is 42.5 Å². The molecule has 6 rings (SSSR count). The number of benzene rings is 2. The average Bonchev–Trinajstić information content (AvgIpc) is 3.47. The standard InChI is InChI=1S/C26H24FN7O2/c27-21-10-18(11-22-20(21)14-33(31-22)13-16-4-2-1-3-5-16)19-12-23(34-24(19)25(28)29-15-30-34)17-6-8-32(9-7-17)26(35)36/h1-5,10-12,14-15,17H,6-9,13H2,(H,35,36)(H2,28,29,30). The Hall–Kier alpha value is -4.47. The van der Waals surface area contributed by atoms with E-state index in [-0.39, 0.29) is 11.7 Å². The fourth-order valence-corrected chi connectivity index (χ4v) is 5.11. The lowest BCUT2D eigenvalue weighted by Gasteiger charge is -2.29.